The average Bonchev–Trinajstić information content (AvgIpc) is 2.39. The maximum atomic E-state index is 11.9. The minimum Gasteiger partial charge on any atom is -0.293 e. The van der Waals surface area contributed by atoms with Crippen molar-refractivity contribution >= 4 is 40.0 Å². The molecule has 0 bridgehead atoms. The van der Waals surface area contributed by atoms with Gasteiger partial charge >= 0.3 is 6.03 Å². The lowest BCUT2D eigenvalue weighted by molar-refractivity contribution is -0.120. The summed E-state index contributed by atoms with van der Waals surface area (Å²) in [7, 11) is 0. The van der Waals surface area contributed by atoms with Gasteiger partial charge in [0.1, 0.15) is 0 Å². The number of carbonyl (C=O) groups is 2. The highest BCUT2D eigenvalue weighted by molar-refractivity contribution is 6.34. The third kappa shape index (κ3) is 2.00. The van der Waals surface area contributed by atoms with Crippen LogP contribution in [0, 0.1) is 0 Å². The molecule has 19 heavy (non-hydrogen) atoms. The Morgan fingerprint density at radius 1 is 1.26 bits per heavy atom. The molecule has 0 spiro atoms. The molecule has 0 saturated carbocycles. The molecule has 1 aliphatic heterocycles. The second kappa shape index (κ2) is 4.47. The highest BCUT2D eigenvalue weighted by atomic mass is 35.5. The van der Waals surface area contributed by atoms with Crippen molar-refractivity contribution < 1.29 is 9.59 Å². The van der Waals surface area contributed by atoms with Crippen molar-refractivity contribution in [1.82, 2.24) is 15.5 Å². The van der Waals surface area contributed by atoms with Gasteiger partial charge in [-0.3, -0.25) is 15.0 Å². The summed E-state index contributed by atoms with van der Waals surface area (Å²) < 4.78 is 0. The molecule has 0 atom stereocenters. The summed E-state index contributed by atoms with van der Waals surface area (Å²) in [6, 6.07) is 4.95. The zero-order valence-electron chi connectivity index (χ0n) is 9.76. The van der Waals surface area contributed by atoms with E-state index >= 15 is 0 Å². The Morgan fingerprint density at radius 3 is 2.89 bits per heavy atom. The number of amides is 3. The first-order chi connectivity index (χ1) is 9.16. The number of nitrogens with zero attached hydrogens (tertiary/aromatic N) is 3. The van der Waals surface area contributed by atoms with Crippen molar-refractivity contribution in [2.45, 2.75) is 6.42 Å². The van der Waals surface area contributed by atoms with Crippen molar-refractivity contribution in [3.8, 4) is 0 Å². The SMILES string of the molecule is O=C1CCN(c2cccc3c(Cl)nncc23)C(=O)N1. The summed E-state index contributed by atoms with van der Waals surface area (Å²) in [5.74, 6) is -0.265. The average molecular weight is 277 g/mol. The Balaban J connectivity index is 2.13. The molecule has 7 heteroatoms. The quantitative estimate of drug-likeness (QED) is 0.861. The summed E-state index contributed by atoms with van der Waals surface area (Å²) in [5, 5.41) is 11.6. The van der Waals surface area contributed by atoms with Gasteiger partial charge in [-0.1, -0.05) is 23.7 Å². The molecule has 1 aromatic heterocycles. The van der Waals surface area contributed by atoms with Crippen LogP contribution >= 0.6 is 11.6 Å². The number of anilines is 1. The minimum atomic E-state index is -0.434. The van der Waals surface area contributed by atoms with Gasteiger partial charge in [0.2, 0.25) is 5.91 Å². The van der Waals surface area contributed by atoms with E-state index in [4.69, 9.17) is 11.6 Å². The molecule has 6 nitrogen and oxygen atoms in total. The van der Waals surface area contributed by atoms with Crippen LogP contribution in [0.3, 0.4) is 0 Å². The maximum absolute atomic E-state index is 11.9. The number of hydrogen-bond acceptors (Lipinski definition) is 4. The molecule has 0 unspecified atom stereocenters. The molecule has 96 valence electrons. The topological polar surface area (TPSA) is 75.2 Å². The van der Waals surface area contributed by atoms with Crippen LogP contribution in [0.2, 0.25) is 5.15 Å². The van der Waals surface area contributed by atoms with Gasteiger partial charge in [-0.2, -0.15) is 5.10 Å². The van der Waals surface area contributed by atoms with Gasteiger partial charge in [-0.05, 0) is 6.07 Å². The fraction of sp³-hybridized carbons (Fsp3) is 0.167. The van der Waals surface area contributed by atoms with E-state index < -0.39 is 6.03 Å². The van der Waals surface area contributed by atoms with E-state index in [-0.39, 0.29) is 17.5 Å². The highest BCUT2D eigenvalue weighted by Crippen LogP contribution is 2.30. The van der Waals surface area contributed by atoms with E-state index in [0.29, 0.717) is 12.2 Å². The predicted octanol–water partition coefficient (Wildman–Crippen LogP) is 1.73. The van der Waals surface area contributed by atoms with E-state index in [1.807, 2.05) is 6.07 Å². The molecule has 3 rings (SSSR count). The Morgan fingerprint density at radius 2 is 2.11 bits per heavy atom. The first kappa shape index (κ1) is 11.9. The minimum absolute atomic E-state index is 0.265. The Labute approximate surface area is 113 Å². The Hall–Kier alpha value is -2.21. The second-order valence-corrected chi connectivity index (χ2v) is 4.49. The number of fused-ring (bicyclic) bond motifs is 1. The first-order valence-corrected chi connectivity index (χ1v) is 6.06. The number of halogens is 1. The number of imide groups is 1. The molecule has 1 fully saturated rings. The summed E-state index contributed by atoms with van der Waals surface area (Å²) in [6.07, 6.45) is 1.83. The lowest BCUT2D eigenvalue weighted by atomic mass is 10.1. The molecule has 2 heterocycles. The zero-order valence-corrected chi connectivity index (χ0v) is 10.5. The van der Waals surface area contributed by atoms with Gasteiger partial charge in [-0.15, -0.1) is 5.10 Å². The summed E-state index contributed by atoms with van der Waals surface area (Å²) in [5.41, 5.74) is 0.666. The van der Waals surface area contributed by atoms with Gasteiger partial charge in [0.25, 0.3) is 0 Å². The van der Waals surface area contributed by atoms with Crippen LogP contribution in [0.25, 0.3) is 10.8 Å². The molecule has 0 aliphatic carbocycles. The second-order valence-electron chi connectivity index (χ2n) is 4.13. The van der Waals surface area contributed by atoms with Crippen LogP contribution in [0.15, 0.2) is 24.4 Å². The molecule has 0 radical (unpaired) electrons. The van der Waals surface area contributed by atoms with E-state index in [1.165, 1.54) is 4.90 Å². The van der Waals surface area contributed by atoms with Crippen LogP contribution < -0.4 is 10.2 Å². The van der Waals surface area contributed by atoms with Crippen molar-refractivity contribution in [2.24, 2.45) is 0 Å². The van der Waals surface area contributed by atoms with E-state index in [1.54, 1.807) is 18.3 Å². The summed E-state index contributed by atoms with van der Waals surface area (Å²) in [4.78, 5) is 24.5. The molecule has 1 saturated heterocycles. The van der Waals surface area contributed by atoms with Gasteiger partial charge in [0.15, 0.2) is 5.15 Å². The third-order valence-corrected chi connectivity index (χ3v) is 3.26. The lowest BCUT2D eigenvalue weighted by Crippen LogP contribution is -2.49. The fourth-order valence-electron chi connectivity index (χ4n) is 2.09. The lowest BCUT2D eigenvalue weighted by Gasteiger charge is -2.27. The molecule has 1 N–H and O–H groups in total. The van der Waals surface area contributed by atoms with Crippen molar-refractivity contribution in [2.75, 3.05) is 11.4 Å². The van der Waals surface area contributed by atoms with Gasteiger partial charge in [0, 0.05) is 23.7 Å². The molecule has 2 aromatic rings. The number of nitrogens with one attached hydrogen (secondary N) is 1. The number of hydrogen-bond donors (Lipinski definition) is 1. The number of aromatic nitrogens is 2. The number of rotatable bonds is 1. The summed E-state index contributed by atoms with van der Waals surface area (Å²) in [6.45, 7) is 0.337. The zero-order chi connectivity index (χ0) is 13.4. The Kier molecular flexibility index (Phi) is 2.79. The van der Waals surface area contributed by atoms with Crippen LogP contribution in [0.5, 0.6) is 0 Å². The van der Waals surface area contributed by atoms with Crippen LogP contribution in [0.4, 0.5) is 10.5 Å². The predicted molar refractivity (Wildman–Crippen MR) is 70.0 cm³/mol. The highest BCUT2D eigenvalue weighted by Gasteiger charge is 2.25. The molecular formula is C12H9ClN4O2. The maximum Gasteiger partial charge on any atom is 0.328 e. The standard InChI is InChI=1S/C12H9ClN4O2/c13-11-7-2-1-3-9(8(7)6-14-16-11)17-5-4-10(18)15-12(17)19/h1-3,6H,4-5H2,(H,15,18,19). The van der Waals surface area contributed by atoms with E-state index in [9.17, 15) is 9.59 Å². The van der Waals surface area contributed by atoms with Crippen LogP contribution in [-0.2, 0) is 4.79 Å². The number of benzene rings is 1. The smallest absolute Gasteiger partial charge is 0.293 e. The van der Waals surface area contributed by atoms with Crippen LogP contribution in [0.1, 0.15) is 6.42 Å². The summed E-state index contributed by atoms with van der Waals surface area (Å²) >= 11 is 5.98. The van der Waals surface area contributed by atoms with Gasteiger partial charge in [0.05, 0.1) is 11.9 Å². The first-order valence-electron chi connectivity index (χ1n) is 5.68. The van der Waals surface area contributed by atoms with Crippen molar-refractivity contribution in [3.05, 3.63) is 29.5 Å². The third-order valence-electron chi connectivity index (χ3n) is 2.98. The molecule has 1 aliphatic rings. The molecule has 1 aromatic carbocycles. The molecule has 3 amide bonds. The van der Waals surface area contributed by atoms with Crippen LogP contribution in [-0.4, -0.2) is 28.7 Å². The number of carbonyl (C=O) groups excluding carboxylic acids is 2. The normalized spacial score (nSPS) is 15.7. The number of urea groups is 1. The molecular weight excluding hydrogens is 268 g/mol. The van der Waals surface area contributed by atoms with Crippen molar-refractivity contribution in [3.63, 3.8) is 0 Å². The van der Waals surface area contributed by atoms with Crippen molar-refractivity contribution in [1.29, 1.82) is 0 Å². The van der Waals surface area contributed by atoms with Gasteiger partial charge < -0.3 is 0 Å². The van der Waals surface area contributed by atoms with E-state index in [2.05, 4.69) is 15.5 Å². The van der Waals surface area contributed by atoms with E-state index in [0.717, 1.165) is 10.8 Å². The largest absolute Gasteiger partial charge is 0.328 e. The van der Waals surface area contributed by atoms with Gasteiger partial charge in [-0.25, -0.2) is 4.79 Å². The Bertz CT molecular complexity index is 688. The fourth-order valence-corrected chi connectivity index (χ4v) is 2.30. The monoisotopic (exact) mass is 276 g/mol.